The van der Waals surface area contributed by atoms with E-state index in [9.17, 15) is 4.79 Å². The molecule has 0 atom stereocenters. The van der Waals surface area contributed by atoms with Crippen LogP contribution in [-0.4, -0.2) is 25.3 Å². The van der Waals surface area contributed by atoms with E-state index in [2.05, 4.69) is 22.8 Å². The highest BCUT2D eigenvalue weighted by molar-refractivity contribution is 7.17. The number of carbonyl (C=O) groups excluding carboxylic acids is 1. The lowest BCUT2D eigenvalue weighted by molar-refractivity contribution is 0.0528. The molecule has 4 nitrogen and oxygen atoms in total. The van der Waals surface area contributed by atoms with E-state index in [1.54, 1.807) is 18.4 Å². The molecule has 0 spiro atoms. The van der Waals surface area contributed by atoms with Gasteiger partial charge in [-0.05, 0) is 56.2 Å². The highest BCUT2D eigenvalue weighted by atomic mass is 32.1. The number of carbonyl (C=O) groups is 1. The number of ether oxygens (including phenoxy) is 2. The van der Waals surface area contributed by atoms with Crippen molar-refractivity contribution in [1.82, 2.24) is 5.32 Å². The van der Waals surface area contributed by atoms with Crippen LogP contribution in [0.2, 0.25) is 0 Å². The standard InChI is InChI=1S/C16H21NO3S/c1-16(2,3)20-15(18)17-9-7-11-12-8-10-21-14(12)6-5-13(11)19-4/h5-6,8,10H,7,9H2,1-4H3,(H,17,18). The number of hydrogen-bond donors (Lipinski definition) is 1. The molecule has 1 heterocycles. The highest BCUT2D eigenvalue weighted by Gasteiger charge is 2.16. The molecule has 21 heavy (non-hydrogen) atoms. The van der Waals surface area contributed by atoms with Crippen molar-refractivity contribution in [1.29, 1.82) is 0 Å². The van der Waals surface area contributed by atoms with E-state index in [1.807, 2.05) is 26.8 Å². The molecule has 0 saturated carbocycles. The summed E-state index contributed by atoms with van der Waals surface area (Å²) >= 11 is 1.70. The van der Waals surface area contributed by atoms with Gasteiger partial charge in [-0.25, -0.2) is 4.79 Å². The number of hydrogen-bond acceptors (Lipinski definition) is 4. The zero-order valence-corrected chi connectivity index (χ0v) is 13.7. The van der Waals surface area contributed by atoms with Gasteiger partial charge in [0.2, 0.25) is 0 Å². The van der Waals surface area contributed by atoms with Gasteiger partial charge in [-0.3, -0.25) is 0 Å². The first-order valence-corrected chi connectivity index (χ1v) is 7.78. The van der Waals surface area contributed by atoms with Crippen LogP contribution in [0.1, 0.15) is 26.3 Å². The maximum atomic E-state index is 11.7. The van der Waals surface area contributed by atoms with Crippen molar-refractivity contribution in [2.45, 2.75) is 32.8 Å². The average molecular weight is 307 g/mol. The Hall–Kier alpha value is -1.75. The molecule has 0 unspecified atom stereocenters. The third kappa shape index (κ3) is 4.11. The summed E-state index contributed by atoms with van der Waals surface area (Å²) in [5.41, 5.74) is 0.641. The number of rotatable bonds is 4. The van der Waals surface area contributed by atoms with Crippen molar-refractivity contribution in [3.8, 4) is 5.75 Å². The molecule has 2 rings (SSSR count). The smallest absolute Gasteiger partial charge is 0.407 e. The van der Waals surface area contributed by atoms with Gasteiger partial charge in [-0.15, -0.1) is 11.3 Å². The Morgan fingerprint density at radius 3 is 2.71 bits per heavy atom. The molecule has 0 aliphatic carbocycles. The summed E-state index contributed by atoms with van der Waals surface area (Å²) in [4.78, 5) is 11.7. The molecule has 0 bridgehead atoms. The van der Waals surface area contributed by atoms with Crippen LogP contribution < -0.4 is 10.1 Å². The normalized spacial score (nSPS) is 11.4. The molecule has 1 amide bonds. The molecule has 2 aromatic rings. The second-order valence-corrected chi connectivity index (χ2v) is 6.71. The van der Waals surface area contributed by atoms with Crippen molar-refractivity contribution < 1.29 is 14.3 Å². The maximum absolute atomic E-state index is 11.7. The molecular weight excluding hydrogens is 286 g/mol. The van der Waals surface area contributed by atoms with E-state index in [0.717, 1.165) is 11.3 Å². The van der Waals surface area contributed by atoms with Crippen LogP contribution in [0.4, 0.5) is 4.79 Å². The third-order valence-corrected chi connectivity index (χ3v) is 3.85. The summed E-state index contributed by atoms with van der Waals surface area (Å²) in [5.74, 6) is 0.854. The zero-order chi connectivity index (χ0) is 15.5. The molecule has 0 radical (unpaired) electrons. The van der Waals surface area contributed by atoms with Gasteiger partial charge in [-0.2, -0.15) is 0 Å². The summed E-state index contributed by atoms with van der Waals surface area (Å²) in [6.07, 6.45) is 0.315. The van der Waals surface area contributed by atoms with E-state index in [1.165, 1.54) is 10.1 Å². The van der Waals surface area contributed by atoms with Crippen LogP contribution in [0.5, 0.6) is 5.75 Å². The number of alkyl carbamates (subject to hydrolysis) is 1. The fourth-order valence-electron chi connectivity index (χ4n) is 2.14. The lowest BCUT2D eigenvalue weighted by Gasteiger charge is -2.19. The van der Waals surface area contributed by atoms with Crippen LogP contribution in [0.25, 0.3) is 10.1 Å². The lowest BCUT2D eigenvalue weighted by Crippen LogP contribution is -2.33. The fourth-order valence-corrected chi connectivity index (χ4v) is 2.95. The van der Waals surface area contributed by atoms with Gasteiger partial charge in [0.1, 0.15) is 11.4 Å². The molecule has 1 aromatic carbocycles. The van der Waals surface area contributed by atoms with Gasteiger partial charge in [-0.1, -0.05) is 0 Å². The van der Waals surface area contributed by atoms with Crippen molar-refractivity contribution in [2.24, 2.45) is 0 Å². The number of nitrogens with one attached hydrogen (secondary N) is 1. The first-order chi connectivity index (χ1) is 9.90. The first-order valence-electron chi connectivity index (χ1n) is 6.90. The Kier molecular flexibility index (Phi) is 4.73. The van der Waals surface area contributed by atoms with Crippen molar-refractivity contribution in [3.05, 3.63) is 29.1 Å². The topological polar surface area (TPSA) is 47.6 Å². The summed E-state index contributed by atoms with van der Waals surface area (Å²) in [6.45, 7) is 6.06. The number of amides is 1. The van der Waals surface area contributed by atoms with Crippen LogP contribution in [-0.2, 0) is 11.2 Å². The van der Waals surface area contributed by atoms with Crippen LogP contribution >= 0.6 is 11.3 Å². The van der Waals surface area contributed by atoms with Crippen molar-refractivity contribution in [3.63, 3.8) is 0 Å². The number of fused-ring (bicyclic) bond motifs is 1. The summed E-state index contributed by atoms with van der Waals surface area (Å²) < 4.78 is 11.9. The van der Waals surface area contributed by atoms with Crippen LogP contribution in [0.3, 0.4) is 0 Å². The Morgan fingerprint density at radius 2 is 2.05 bits per heavy atom. The monoisotopic (exact) mass is 307 g/mol. The molecule has 0 fully saturated rings. The predicted octanol–water partition coefficient (Wildman–Crippen LogP) is 3.98. The molecular formula is C16H21NO3S. The minimum Gasteiger partial charge on any atom is -0.496 e. The van der Waals surface area contributed by atoms with Gasteiger partial charge < -0.3 is 14.8 Å². The Balaban J connectivity index is 2.03. The second-order valence-electron chi connectivity index (χ2n) is 5.76. The highest BCUT2D eigenvalue weighted by Crippen LogP contribution is 2.31. The van der Waals surface area contributed by atoms with Gasteiger partial charge in [0.05, 0.1) is 7.11 Å². The quantitative estimate of drug-likeness (QED) is 0.929. The SMILES string of the molecule is COc1ccc2sccc2c1CCNC(=O)OC(C)(C)C. The molecule has 5 heteroatoms. The summed E-state index contributed by atoms with van der Waals surface area (Å²) in [5, 5.41) is 6.03. The Labute approximate surface area is 129 Å². The number of thiophene rings is 1. The van der Waals surface area contributed by atoms with Crippen molar-refractivity contribution >= 4 is 27.5 Å². The number of methoxy groups -OCH3 is 1. The molecule has 0 saturated heterocycles. The average Bonchev–Trinajstić information content (AvgIpc) is 2.85. The Bertz CT molecular complexity index is 628. The van der Waals surface area contributed by atoms with Gasteiger partial charge in [0.25, 0.3) is 0 Å². The minimum absolute atomic E-state index is 0.390. The van der Waals surface area contributed by atoms with E-state index in [4.69, 9.17) is 9.47 Å². The van der Waals surface area contributed by atoms with E-state index in [0.29, 0.717) is 13.0 Å². The number of benzene rings is 1. The minimum atomic E-state index is -0.477. The summed E-state index contributed by atoms with van der Waals surface area (Å²) in [6, 6.07) is 6.12. The van der Waals surface area contributed by atoms with E-state index < -0.39 is 5.60 Å². The second kappa shape index (κ2) is 6.35. The van der Waals surface area contributed by atoms with Gasteiger partial charge in [0.15, 0.2) is 0 Å². The third-order valence-electron chi connectivity index (χ3n) is 2.97. The summed E-state index contributed by atoms with van der Waals surface area (Å²) in [7, 11) is 1.67. The predicted molar refractivity (Wildman–Crippen MR) is 86.3 cm³/mol. The zero-order valence-electron chi connectivity index (χ0n) is 12.9. The van der Waals surface area contributed by atoms with Crippen LogP contribution in [0, 0.1) is 0 Å². The molecule has 1 aromatic heterocycles. The van der Waals surface area contributed by atoms with E-state index >= 15 is 0 Å². The largest absolute Gasteiger partial charge is 0.496 e. The fraction of sp³-hybridized carbons (Fsp3) is 0.438. The van der Waals surface area contributed by atoms with Crippen molar-refractivity contribution in [2.75, 3.05) is 13.7 Å². The first kappa shape index (κ1) is 15.6. The van der Waals surface area contributed by atoms with E-state index in [-0.39, 0.29) is 6.09 Å². The lowest BCUT2D eigenvalue weighted by atomic mass is 10.1. The molecule has 1 N–H and O–H groups in total. The molecule has 0 aliphatic rings. The molecule has 114 valence electrons. The van der Waals surface area contributed by atoms with Gasteiger partial charge in [0, 0.05) is 16.8 Å². The molecule has 0 aliphatic heterocycles. The van der Waals surface area contributed by atoms with Gasteiger partial charge >= 0.3 is 6.09 Å². The maximum Gasteiger partial charge on any atom is 0.407 e. The van der Waals surface area contributed by atoms with Crippen LogP contribution in [0.15, 0.2) is 23.6 Å². The Morgan fingerprint density at radius 1 is 1.29 bits per heavy atom.